The largest absolute Gasteiger partial charge is 0.316 e. The van der Waals surface area contributed by atoms with E-state index in [4.69, 9.17) is 0 Å². The molecule has 0 aromatic carbocycles. The standard InChI is InChI=1S/C10H19.Re/c1-9-6-4-3-5-7-10(2)8-9;/h9H,3-8H2,1-2H3;/q-1;. The zero-order chi connectivity index (χ0) is 7.40. The molecule has 1 atom stereocenters. The minimum Gasteiger partial charge on any atom is -0.316 e. The molecule has 0 nitrogen and oxygen atoms in total. The van der Waals surface area contributed by atoms with Crippen LogP contribution in [0, 0.1) is 11.8 Å². The molecule has 1 rings (SSSR count). The summed E-state index contributed by atoms with van der Waals surface area (Å²) >= 11 is 0. The Labute approximate surface area is 84.8 Å². The third-order valence-electron chi connectivity index (χ3n) is 2.50. The predicted octanol–water partition coefficient (Wildman–Crippen LogP) is 3.57. The van der Waals surface area contributed by atoms with Crippen LogP contribution in [0.1, 0.15) is 52.4 Å². The van der Waals surface area contributed by atoms with Crippen LogP contribution in [-0.2, 0) is 20.4 Å². The fourth-order valence-corrected chi connectivity index (χ4v) is 1.90. The molecule has 11 heavy (non-hydrogen) atoms. The van der Waals surface area contributed by atoms with E-state index in [0.717, 1.165) is 5.92 Å². The molecule has 1 fully saturated rings. The molecule has 1 radical (unpaired) electrons. The minimum atomic E-state index is 0. The van der Waals surface area contributed by atoms with E-state index < -0.39 is 0 Å². The van der Waals surface area contributed by atoms with Crippen LogP contribution in [-0.4, -0.2) is 0 Å². The van der Waals surface area contributed by atoms with Crippen molar-refractivity contribution >= 4 is 0 Å². The molecule has 0 amide bonds. The van der Waals surface area contributed by atoms with E-state index in [-0.39, 0.29) is 20.4 Å². The van der Waals surface area contributed by atoms with Crippen molar-refractivity contribution in [1.29, 1.82) is 0 Å². The summed E-state index contributed by atoms with van der Waals surface area (Å²) < 4.78 is 0. The van der Waals surface area contributed by atoms with Crippen molar-refractivity contribution in [2.75, 3.05) is 0 Å². The van der Waals surface area contributed by atoms with Gasteiger partial charge in [-0.05, 0) is 0 Å². The van der Waals surface area contributed by atoms with Crippen LogP contribution in [0.3, 0.4) is 0 Å². The number of hydrogen-bond acceptors (Lipinski definition) is 0. The quantitative estimate of drug-likeness (QED) is 0.597. The van der Waals surface area contributed by atoms with Crippen LogP contribution < -0.4 is 0 Å². The second kappa shape index (κ2) is 6.21. The molecule has 0 aromatic rings. The Morgan fingerprint density at radius 3 is 2.64 bits per heavy atom. The van der Waals surface area contributed by atoms with Crippen molar-refractivity contribution in [3.8, 4) is 0 Å². The van der Waals surface area contributed by atoms with Crippen LogP contribution in [0.25, 0.3) is 0 Å². The molecule has 0 aliphatic heterocycles. The van der Waals surface area contributed by atoms with Gasteiger partial charge in [0.15, 0.2) is 0 Å². The van der Waals surface area contributed by atoms with E-state index in [9.17, 15) is 0 Å². The fourth-order valence-electron chi connectivity index (χ4n) is 1.90. The molecule has 0 spiro atoms. The second-order valence-corrected chi connectivity index (χ2v) is 3.87. The van der Waals surface area contributed by atoms with Gasteiger partial charge in [-0.15, -0.1) is 0 Å². The fraction of sp³-hybridized carbons (Fsp3) is 0.900. The molecule has 67 valence electrons. The van der Waals surface area contributed by atoms with Gasteiger partial charge in [0.25, 0.3) is 0 Å². The molecule has 0 aromatic heterocycles. The molecule has 0 bridgehead atoms. The Morgan fingerprint density at radius 2 is 1.91 bits per heavy atom. The van der Waals surface area contributed by atoms with Crippen molar-refractivity contribution in [1.82, 2.24) is 0 Å². The monoisotopic (exact) mass is 326 g/mol. The second-order valence-electron chi connectivity index (χ2n) is 3.87. The molecule has 1 unspecified atom stereocenters. The summed E-state index contributed by atoms with van der Waals surface area (Å²) in [5.74, 6) is 2.69. The maximum Gasteiger partial charge on any atom is 0 e. The van der Waals surface area contributed by atoms with E-state index in [1.165, 1.54) is 38.5 Å². The minimum absolute atomic E-state index is 0. The van der Waals surface area contributed by atoms with E-state index in [2.05, 4.69) is 13.8 Å². The summed E-state index contributed by atoms with van der Waals surface area (Å²) in [6, 6.07) is 0. The SMILES string of the molecule is C[C-]1CCCCCC(C)C1.[Re]. The average Bonchev–Trinajstić information content (AvgIpc) is 1.83. The molecule has 1 saturated carbocycles. The van der Waals surface area contributed by atoms with Crippen molar-refractivity contribution in [3.05, 3.63) is 5.92 Å². The number of rotatable bonds is 0. The van der Waals surface area contributed by atoms with Gasteiger partial charge in [0.1, 0.15) is 0 Å². The predicted molar refractivity (Wildman–Crippen MR) is 45.8 cm³/mol. The van der Waals surface area contributed by atoms with Crippen molar-refractivity contribution in [2.45, 2.75) is 52.4 Å². The molecule has 0 heterocycles. The number of hydrogen-bond donors (Lipinski definition) is 0. The maximum atomic E-state index is 2.38. The van der Waals surface area contributed by atoms with Crippen LogP contribution in [0.15, 0.2) is 0 Å². The van der Waals surface area contributed by atoms with Crippen molar-refractivity contribution < 1.29 is 20.4 Å². The van der Waals surface area contributed by atoms with Gasteiger partial charge < -0.3 is 5.92 Å². The summed E-state index contributed by atoms with van der Waals surface area (Å²) in [7, 11) is 0. The Bertz CT molecular complexity index is 80.9. The first kappa shape index (κ1) is 11.7. The van der Waals surface area contributed by atoms with Gasteiger partial charge in [-0.1, -0.05) is 38.5 Å². The van der Waals surface area contributed by atoms with Crippen LogP contribution in [0.5, 0.6) is 0 Å². The third-order valence-corrected chi connectivity index (χ3v) is 2.50. The van der Waals surface area contributed by atoms with E-state index in [1.54, 1.807) is 5.92 Å². The van der Waals surface area contributed by atoms with Gasteiger partial charge in [0.05, 0.1) is 0 Å². The van der Waals surface area contributed by atoms with Crippen LogP contribution in [0.2, 0.25) is 0 Å². The van der Waals surface area contributed by atoms with Crippen molar-refractivity contribution in [2.24, 2.45) is 5.92 Å². The molecule has 1 heteroatoms. The summed E-state index contributed by atoms with van der Waals surface area (Å²) in [5.41, 5.74) is 0. The van der Waals surface area contributed by atoms with E-state index in [0.29, 0.717) is 0 Å². The zero-order valence-electron chi connectivity index (χ0n) is 7.70. The Hall–Kier alpha value is 0.662. The topological polar surface area (TPSA) is 0 Å². The van der Waals surface area contributed by atoms with E-state index >= 15 is 0 Å². The first-order valence-electron chi connectivity index (χ1n) is 4.60. The summed E-state index contributed by atoms with van der Waals surface area (Å²) in [6.45, 7) is 4.70. The first-order valence-corrected chi connectivity index (χ1v) is 4.60. The third kappa shape index (κ3) is 4.99. The van der Waals surface area contributed by atoms with Gasteiger partial charge in [-0.2, -0.15) is 19.8 Å². The molecule has 0 N–H and O–H groups in total. The van der Waals surface area contributed by atoms with Gasteiger partial charge in [-0.25, -0.2) is 0 Å². The van der Waals surface area contributed by atoms with Gasteiger partial charge in [0.2, 0.25) is 0 Å². The summed E-state index contributed by atoms with van der Waals surface area (Å²) in [5, 5.41) is 0. The smallest absolute Gasteiger partial charge is 0 e. The van der Waals surface area contributed by atoms with Crippen molar-refractivity contribution in [3.63, 3.8) is 0 Å². The van der Waals surface area contributed by atoms with E-state index in [1.807, 2.05) is 0 Å². The summed E-state index contributed by atoms with van der Waals surface area (Å²) in [4.78, 5) is 0. The Kier molecular flexibility index (Phi) is 6.58. The van der Waals surface area contributed by atoms with Crippen LogP contribution >= 0.6 is 0 Å². The molecule has 1 aliphatic rings. The normalized spacial score (nSPS) is 28.4. The van der Waals surface area contributed by atoms with Gasteiger partial charge in [-0.3, -0.25) is 0 Å². The first-order chi connectivity index (χ1) is 4.79. The van der Waals surface area contributed by atoms with Gasteiger partial charge in [0, 0.05) is 20.4 Å². The Balaban J connectivity index is 0.000001000. The molecular weight excluding hydrogens is 306 g/mol. The average molecular weight is 325 g/mol. The Morgan fingerprint density at radius 1 is 1.18 bits per heavy atom. The summed E-state index contributed by atoms with van der Waals surface area (Å²) in [6.07, 6.45) is 8.61. The van der Waals surface area contributed by atoms with Crippen LogP contribution in [0.4, 0.5) is 0 Å². The van der Waals surface area contributed by atoms with Gasteiger partial charge >= 0.3 is 0 Å². The maximum absolute atomic E-state index is 2.38. The zero-order valence-corrected chi connectivity index (χ0v) is 10.4. The molecule has 1 aliphatic carbocycles. The molecule has 0 saturated heterocycles. The molecular formula is C10H19Re-.